The average Bonchev–Trinajstić information content (AvgIpc) is 2.49. The number of hydrogen-bond donors (Lipinski definition) is 3. The number of carbonyl (C=O) groups is 3. The second kappa shape index (κ2) is 8.54. The van der Waals surface area contributed by atoms with Crippen molar-refractivity contribution in [1.29, 1.82) is 0 Å². The van der Waals surface area contributed by atoms with Crippen LogP contribution < -0.4 is 5.32 Å². The molecule has 1 aromatic carbocycles. The minimum absolute atomic E-state index is 0.169. The molecule has 1 aromatic rings. The second-order valence-electron chi connectivity index (χ2n) is 3.86. The molecule has 0 radical (unpaired) electrons. The average molecular weight is 297 g/mol. The highest BCUT2D eigenvalue weighted by molar-refractivity contribution is 5.89. The first-order valence-electron chi connectivity index (χ1n) is 6.03. The monoisotopic (exact) mass is 297 g/mol. The van der Waals surface area contributed by atoms with E-state index < -0.39 is 30.7 Å². The van der Waals surface area contributed by atoms with E-state index in [1.807, 2.05) is 5.32 Å². The number of aliphatic hydroxyl groups excluding tert-OH is 1. The number of ether oxygens (including phenoxy) is 2. The van der Waals surface area contributed by atoms with Crippen LogP contribution in [0.4, 0.5) is 4.79 Å². The molecule has 0 aliphatic carbocycles. The Morgan fingerprint density at radius 1 is 1.10 bits per heavy atom. The summed E-state index contributed by atoms with van der Waals surface area (Å²) in [5.74, 6) is -1.94. The minimum atomic E-state index is -1.44. The van der Waals surface area contributed by atoms with E-state index >= 15 is 0 Å². The van der Waals surface area contributed by atoms with Gasteiger partial charge in [0.25, 0.3) is 0 Å². The zero-order valence-electron chi connectivity index (χ0n) is 11.0. The van der Waals surface area contributed by atoms with E-state index in [4.69, 9.17) is 14.9 Å². The molecule has 0 aromatic heterocycles. The molecule has 3 N–H and O–H groups in total. The maximum Gasteiger partial charge on any atom is 0.408 e. The lowest BCUT2D eigenvalue weighted by molar-refractivity contribution is -0.140. The van der Waals surface area contributed by atoms with Crippen LogP contribution in [-0.2, 0) is 14.3 Å². The first kappa shape index (κ1) is 16.4. The van der Waals surface area contributed by atoms with Gasteiger partial charge in [-0.3, -0.25) is 0 Å². The fourth-order valence-electron chi connectivity index (χ4n) is 1.30. The number of alkyl carbamates (subject to hydrolysis) is 1. The minimum Gasteiger partial charge on any atom is -0.480 e. The molecule has 1 amide bonds. The van der Waals surface area contributed by atoms with E-state index in [9.17, 15) is 14.4 Å². The molecule has 0 saturated carbocycles. The summed E-state index contributed by atoms with van der Waals surface area (Å²) in [5, 5.41) is 19.2. The van der Waals surface area contributed by atoms with Crippen LogP contribution in [0.3, 0.4) is 0 Å². The summed E-state index contributed by atoms with van der Waals surface area (Å²) in [5.41, 5.74) is 0.369. The molecule has 0 bridgehead atoms. The van der Waals surface area contributed by atoms with Gasteiger partial charge in [0.15, 0.2) is 6.04 Å². The summed E-state index contributed by atoms with van der Waals surface area (Å²) in [6, 6.07) is 6.83. The lowest BCUT2D eigenvalue weighted by atomic mass is 10.2. The van der Waals surface area contributed by atoms with Crippen molar-refractivity contribution < 1.29 is 34.1 Å². The van der Waals surface area contributed by atoms with Crippen LogP contribution in [0.25, 0.3) is 0 Å². The molecule has 0 heterocycles. The molecular weight excluding hydrogens is 282 g/mol. The van der Waals surface area contributed by atoms with Gasteiger partial charge in [0, 0.05) is 0 Å². The second-order valence-corrected chi connectivity index (χ2v) is 3.86. The van der Waals surface area contributed by atoms with Gasteiger partial charge in [-0.1, -0.05) is 18.2 Å². The number of hydrogen-bond acceptors (Lipinski definition) is 6. The summed E-state index contributed by atoms with van der Waals surface area (Å²) in [6.07, 6.45) is -1.02. The molecule has 0 aliphatic heterocycles. The van der Waals surface area contributed by atoms with E-state index in [0.29, 0.717) is 5.56 Å². The number of aliphatic carboxylic acids is 1. The number of carboxylic acids is 1. The Hall–Kier alpha value is -2.61. The van der Waals surface area contributed by atoms with Gasteiger partial charge >= 0.3 is 18.0 Å². The normalized spacial score (nSPS) is 11.3. The molecule has 1 rings (SSSR count). The molecule has 0 spiro atoms. The van der Waals surface area contributed by atoms with Gasteiger partial charge in [-0.15, -0.1) is 0 Å². The maximum absolute atomic E-state index is 11.5. The number of aliphatic hydroxyl groups is 1. The third-order valence-electron chi connectivity index (χ3n) is 2.33. The number of amides is 1. The van der Waals surface area contributed by atoms with E-state index in [0.717, 1.165) is 0 Å². The maximum atomic E-state index is 11.5. The van der Waals surface area contributed by atoms with E-state index in [2.05, 4.69) is 4.74 Å². The molecule has 0 fully saturated rings. The van der Waals surface area contributed by atoms with Crippen LogP contribution in [0.15, 0.2) is 30.3 Å². The Labute approximate surface area is 120 Å². The van der Waals surface area contributed by atoms with Gasteiger partial charge in [-0.2, -0.15) is 0 Å². The number of carboxylic acid groups (broad SMARTS) is 1. The SMILES string of the molecule is O=C(N[C@H](CO)C(=O)O)OCCOC(=O)c1ccccc1. The Kier molecular flexibility index (Phi) is 6.69. The number of carbonyl (C=O) groups excluding carboxylic acids is 2. The molecule has 21 heavy (non-hydrogen) atoms. The van der Waals surface area contributed by atoms with Crippen molar-refractivity contribution in [3.63, 3.8) is 0 Å². The summed E-state index contributed by atoms with van der Waals surface area (Å²) < 4.78 is 9.46. The summed E-state index contributed by atoms with van der Waals surface area (Å²) >= 11 is 0. The molecule has 8 heteroatoms. The number of nitrogens with one attached hydrogen (secondary N) is 1. The number of esters is 1. The van der Waals surface area contributed by atoms with Gasteiger partial charge < -0.3 is 25.0 Å². The Morgan fingerprint density at radius 3 is 2.29 bits per heavy atom. The fraction of sp³-hybridized carbons (Fsp3) is 0.308. The van der Waals surface area contributed by atoms with Crippen LogP contribution in [0.5, 0.6) is 0 Å². The van der Waals surface area contributed by atoms with Gasteiger partial charge in [0.05, 0.1) is 12.2 Å². The first-order chi connectivity index (χ1) is 10.0. The third-order valence-corrected chi connectivity index (χ3v) is 2.33. The molecule has 0 aliphatic rings. The quantitative estimate of drug-likeness (QED) is 0.479. The van der Waals surface area contributed by atoms with Gasteiger partial charge in [0.1, 0.15) is 13.2 Å². The standard InChI is InChI=1S/C13H15NO7/c15-8-10(11(16)17)14-13(19)21-7-6-20-12(18)9-4-2-1-3-5-9/h1-5,10,15H,6-8H2,(H,14,19)(H,16,17)/t10-/m1/s1. The molecule has 0 unspecified atom stereocenters. The predicted octanol–water partition coefficient (Wildman–Crippen LogP) is 0.0151. The molecule has 114 valence electrons. The van der Waals surface area contributed by atoms with Gasteiger partial charge in [0.2, 0.25) is 0 Å². The van der Waals surface area contributed by atoms with E-state index in [1.54, 1.807) is 30.3 Å². The topological polar surface area (TPSA) is 122 Å². The molecule has 1 atom stereocenters. The van der Waals surface area contributed by atoms with Gasteiger partial charge in [-0.25, -0.2) is 14.4 Å². The van der Waals surface area contributed by atoms with Crippen molar-refractivity contribution in [2.45, 2.75) is 6.04 Å². The van der Waals surface area contributed by atoms with Crippen molar-refractivity contribution >= 4 is 18.0 Å². The predicted molar refractivity (Wildman–Crippen MR) is 69.7 cm³/mol. The van der Waals surface area contributed by atoms with Crippen LogP contribution in [-0.4, -0.2) is 54.1 Å². The third kappa shape index (κ3) is 5.91. The Morgan fingerprint density at radius 2 is 1.71 bits per heavy atom. The number of rotatable bonds is 7. The largest absolute Gasteiger partial charge is 0.480 e. The smallest absolute Gasteiger partial charge is 0.408 e. The van der Waals surface area contributed by atoms with Crippen molar-refractivity contribution in [2.75, 3.05) is 19.8 Å². The summed E-state index contributed by atoms with van der Waals surface area (Å²) in [6.45, 7) is -1.16. The Balaban J connectivity index is 2.23. The van der Waals surface area contributed by atoms with Crippen molar-refractivity contribution in [2.24, 2.45) is 0 Å². The van der Waals surface area contributed by atoms with Gasteiger partial charge in [-0.05, 0) is 12.1 Å². The fourth-order valence-corrected chi connectivity index (χ4v) is 1.30. The molecule has 0 saturated heterocycles. The lowest BCUT2D eigenvalue weighted by Gasteiger charge is -2.12. The first-order valence-corrected chi connectivity index (χ1v) is 6.03. The van der Waals surface area contributed by atoms with Crippen molar-refractivity contribution in [3.8, 4) is 0 Å². The zero-order chi connectivity index (χ0) is 15.7. The van der Waals surface area contributed by atoms with Crippen LogP contribution in [0, 0.1) is 0 Å². The van der Waals surface area contributed by atoms with E-state index in [-0.39, 0.29) is 13.2 Å². The summed E-state index contributed by atoms with van der Waals surface area (Å²) in [4.78, 5) is 33.2. The van der Waals surface area contributed by atoms with Crippen LogP contribution in [0.1, 0.15) is 10.4 Å². The summed E-state index contributed by atoms with van der Waals surface area (Å²) in [7, 11) is 0. The highest BCUT2D eigenvalue weighted by Crippen LogP contribution is 2.00. The number of benzene rings is 1. The zero-order valence-corrected chi connectivity index (χ0v) is 11.0. The molecule has 8 nitrogen and oxygen atoms in total. The van der Waals surface area contributed by atoms with E-state index in [1.165, 1.54) is 0 Å². The lowest BCUT2D eigenvalue weighted by Crippen LogP contribution is -2.43. The van der Waals surface area contributed by atoms with Crippen LogP contribution >= 0.6 is 0 Å². The Bertz CT molecular complexity index is 489. The highest BCUT2D eigenvalue weighted by Gasteiger charge is 2.19. The highest BCUT2D eigenvalue weighted by atomic mass is 16.6. The van der Waals surface area contributed by atoms with Crippen molar-refractivity contribution in [1.82, 2.24) is 5.32 Å². The van der Waals surface area contributed by atoms with Crippen LogP contribution in [0.2, 0.25) is 0 Å². The molecular formula is C13H15NO7. The van der Waals surface area contributed by atoms with Crippen molar-refractivity contribution in [3.05, 3.63) is 35.9 Å².